The zero-order chi connectivity index (χ0) is 15.2. The second-order valence-corrected chi connectivity index (χ2v) is 6.13. The van der Waals surface area contributed by atoms with Gasteiger partial charge >= 0.3 is 0 Å². The smallest absolute Gasteiger partial charge is 0.132 e. The van der Waals surface area contributed by atoms with Gasteiger partial charge in [0.05, 0.1) is 13.2 Å². The van der Waals surface area contributed by atoms with Crippen LogP contribution in [0.1, 0.15) is 41.6 Å². The van der Waals surface area contributed by atoms with Gasteiger partial charge in [-0.1, -0.05) is 19.9 Å². The van der Waals surface area contributed by atoms with Gasteiger partial charge in [0, 0.05) is 21.4 Å². The van der Waals surface area contributed by atoms with Crippen LogP contribution in [0.2, 0.25) is 0 Å². The molecule has 0 radical (unpaired) electrons. The molecule has 0 spiro atoms. The Morgan fingerprint density at radius 3 is 2.62 bits per heavy atom. The van der Waals surface area contributed by atoms with E-state index in [-0.39, 0.29) is 11.9 Å². The normalized spacial score (nSPS) is 12.4. The molecule has 1 aromatic heterocycles. The van der Waals surface area contributed by atoms with Crippen LogP contribution in [-0.2, 0) is 6.42 Å². The average Bonchev–Trinajstić information content (AvgIpc) is 2.97. The lowest BCUT2D eigenvalue weighted by Gasteiger charge is -2.19. The predicted octanol–water partition coefficient (Wildman–Crippen LogP) is 4.55. The van der Waals surface area contributed by atoms with Crippen LogP contribution in [0.5, 0.6) is 5.75 Å². The van der Waals surface area contributed by atoms with Crippen LogP contribution in [0.25, 0.3) is 0 Å². The Hall–Kier alpha value is -1.39. The summed E-state index contributed by atoms with van der Waals surface area (Å²) in [5, 5.41) is 3.45. The minimum atomic E-state index is -0.227. The first-order valence-corrected chi connectivity index (χ1v) is 8.16. The Labute approximate surface area is 130 Å². The molecule has 2 rings (SSSR count). The molecule has 21 heavy (non-hydrogen) atoms. The van der Waals surface area contributed by atoms with Crippen molar-refractivity contribution in [2.24, 2.45) is 0 Å². The standard InChI is InChI=1S/C17H22FNOS/c1-4-10-19-17(16-9-7-13(5-2)21-16)14-8-6-12(20-3)11-15(14)18/h6-9,11,17,19H,4-5,10H2,1-3H3. The van der Waals surface area contributed by atoms with Crippen LogP contribution in [0.4, 0.5) is 4.39 Å². The van der Waals surface area contributed by atoms with Gasteiger partial charge in [0.1, 0.15) is 11.6 Å². The number of aryl methyl sites for hydroxylation is 1. The van der Waals surface area contributed by atoms with E-state index in [0.717, 1.165) is 24.3 Å². The van der Waals surface area contributed by atoms with Gasteiger partial charge in [-0.3, -0.25) is 0 Å². The Morgan fingerprint density at radius 2 is 2.05 bits per heavy atom. The lowest BCUT2D eigenvalue weighted by atomic mass is 10.0. The third kappa shape index (κ3) is 3.83. The van der Waals surface area contributed by atoms with E-state index in [9.17, 15) is 4.39 Å². The predicted molar refractivity (Wildman–Crippen MR) is 86.8 cm³/mol. The molecular formula is C17H22FNOS. The van der Waals surface area contributed by atoms with E-state index in [1.165, 1.54) is 10.9 Å². The molecule has 4 heteroatoms. The van der Waals surface area contributed by atoms with Gasteiger partial charge in [-0.2, -0.15) is 0 Å². The van der Waals surface area contributed by atoms with Crippen molar-refractivity contribution in [1.29, 1.82) is 0 Å². The van der Waals surface area contributed by atoms with E-state index in [1.807, 2.05) is 12.1 Å². The fraction of sp³-hybridized carbons (Fsp3) is 0.412. The summed E-state index contributed by atoms with van der Waals surface area (Å²) in [4.78, 5) is 2.48. The molecule has 0 fully saturated rings. The van der Waals surface area contributed by atoms with Gasteiger partial charge < -0.3 is 10.1 Å². The van der Waals surface area contributed by atoms with Crippen molar-refractivity contribution in [2.75, 3.05) is 13.7 Å². The fourth-order valence-electron chi connectivity index (χ4n) is 2.26. The number of ether oxygens (including phenoxy) is 1. The first-order valence-electron chi connectivity index (χ1n) is 7.35. The SMILES string of the molecule is CCCNC(c1ccc(CC)s1)c1ccc(OC)cc1F. The van der Waals surface area contributed by atoms with Gasteiger partial charge in [-0.25, -0.2) is 4.39 Å². The van der Waals surface area contributed by atoms with E-state index in [2.05, 4.69) is 31.3 Å². The maximum absolute atomic E-state index is 14.4. The molecule has 1 aromatic carbocycles. The number of methoxy groups -OCH3 is 1. The first kappa shape index (κ1) is 16.0. The highest BCUT2D eigenvalue weighted by Crippen LogP contribution is 2.31. The summed E-state index contributed by atoms with van der Waals surface area (Å²) in [5.41, 5.74) is 0.675. The summed E-state index contributed by atoms with van der Waals surface area (Å²) >= 11 is 1.74. The van der Waals surface area contributed by atoms with Crippen LogP contribution in [-0.4, -0.2) is 13.7 Å². The summed E-state index contributed by atoms with van der Waals surface area (Å²) in [6.45, 7) is 5.11. The van der Waals surface area contributed by atoms with Gasteiger partial charge in [-0.05, 0) is 37.6 Å². The lowest BCUT2D eigenvalue weighted by Crippen LogP contribution is -2.23. The van der Waals surface area contributed by atoms with Crippen LogP contribution >= 0.6 is 11.3 Å². The molecule has 1 atom stereocenters. The summed E-state index contributed by atoms with van der Waals surface area (Å²) in [5.74, 6) is 0.320. The molecule has 1 heterocycles. The van der Waals surface area contributed by atoms with E-state index in [4.69, 9.17) is 4.74 Å². The summed E-state index contributed by atoms with van der Waals surface area (Å²) in [6, 6.07) is 9.20. The van der Waals surface area contributed by atoms with Crippen molar-refractivity contribution in [3.05, 3.63) is 51.5 Å². The Kier molecular flexibility index (Phi) is 5.76. The third-order valence-corrected chi connectivity index (χ3v) is 4.73. The molecule has 2 aromatic rings. The molecule has 114 valence electrons. The van der Waals surface area contributed by atoms with E-state index in [1.54, 1.807) is 18.4 Å². The molecule has 1 unspecified atom stereocenters. The Balaban J connectivity index is 2.35. The minimum Gasteiger partial charge on any atom is -0.497 e. The topological polar surface area (TPSA) is 21.3 Å². The highest BCUT2D eigenvalue weighted by Gasteiger charge is 2.19. The molecule has 0 amide bonds. The molecule has 0 aliphatic heterocycles. The minimum absolute atomic E-state index is 0.0962. The maximum Gasteiger partial charge on any atom is 0.132 e. The highest BCUT2D eigenvalue weighted by molar-refractivity contribution is 7.12. The molecule has 2 nitrogen and oxygen atoms in total. The molecule has 0 saturated carbocycles. The maximum atomic E-state index is 14.4. The van der Waals surface area contributed by atoms with Crippen molar-refractivity contribution in [2.45, 2.75) is 32.7 Å². The van der Waals surface area contributed by atoms with E-state index >= 15 is 0 Å². The lowest BCUT2D eigenvalue weighted by molar-refractivity contribution is 0.410. The van der Waals surface area contributed by atoms with Gasteiger partial charge in [0.2, 0.25) is 0 Å². The largest absolute Gasteiger partial charge is 0.497 e. The number of benzene rings is 1. The van der Waals surface area contributed by atoms with E-state index in [0.29, 0.717) is 11.3 Å². The van der Waals surface area contributed by atoms with Gasteiger partial charge in [-0.15, -0.1) is 11.3 Å². The third-order valence-electron chi connectivity index (χ3n) is 3.43. The monoisotopic (exact) mass is 307 g/mol. The fourth-order valence-corrected chi connectivity index (χ4v) is 3.31. The van der Waals surface area contributed by atoms with Crippen LogP contribution in [0.15, 0.2) is 30.3 Å². The molecule has 0 aliphatic rings. The Bertz CT molecular complexity index is 582. The number of halogens is 1. The van der Waals surface area contributed by atoms with Crippen LogP contribution < -0.4 is 10.1 Å². The summed E-state index contributed by atoms with van der Waals surface area (Å²) in [7, 11) is 1.55. The highest BCUT2D eigenvalue weighted by atomic mass is 32.1. The first-order chi connectivity index (χ1) is 10.2. The second kappa shape index (κ2) is 7.57. The van der Waals surface area contributed by atoms with E-state index < -0.39 is 0 Å². The zero-order valence-electron chi connectivity index (χ0n) is 12.8. The second-order valence-electron chi connectivity index (χ2n) is 4.93. The van der Waals surface area contributed by atoms with Gasteiger partial charge in [0.15, 0.2) is 0 Å². The molecule has 0 bridgehead atoms. The van der Waals surface area contributed by atoms with Crippen molar-refractivity contribution in [1.82, 2.24) is 5.32 Å². The summed E-state index contributed by atoms with van der Waals surface area (Å²) < 4.78 is 19.5. The van der Waals surface area contributed by atoms with Crippen LogP contribution in [0, 0.1) is 5.82 Å². The summed E-state index contributed by atoms with van der Waals surface area (Å²) in [6.07, 6.45) is 2.02. The Morgan fingerprint density at radius 1 is 1.24 bits per heavy atom. The molecule has 0 aliphatic carbocycles. The number of hydrogen-bond donors (Lipinski definition) is 1. The number of hydrogen-bond acceptors (Lipinski definition) is 3. The average molecular weight is 307 g/mol. The van der Waals surface area contributed by atoms with Crippen LogP contribution in [0.3, 0.4) is 0 Å². The quantitative estimate of drug-likeness (QED) is 0.810. The van der Waals surface area contributed by atoms with Crippen molar-refractivity contribution in [3.8, 4) is 5.75 Å². The van der Waals surface area contributed by atoms with Crippen molar-refractivity contribution < 1.29 is 9.13 Å². The van der Waals surface area contributed by atoms with Crippen molar-refractivity contribution in [3.63, 3.8) is 0 Å². The molecular weight excluding hydrogens is 285 g/mol. The number of thiophene rings is 1. The zero-order valence-corrected chi connectivity index (χ0v) is 13.6. The van der Waals surface area contributed by atoms with Gasteiger partial charge in [0.25, 0.3) is 0 Å². The molecule has 1 N–H and O–H groups in total. The molecule has 0 saturated heterocycles. The number of rotatable bonds is 7. The number of nitrogens with one attached hydrogen (secondary N) is 1. The van der Waals surface area contributed by atoms with Crippen molar-refractivity contribution >= 4 is 11.3 Å².